The first-order chi connectivity index (χ1) is 12.1. The smallest absolute Gasteiger partial charge is 0.161 e. The molecule has 1 N–H and O–H groups in total. The molecule has 3 rings (SSSR count). The number of aliphatic hydroxyl groups excluding tert-OH is 1. The van der Waals surface area contributed by atoms with Gasteiger partial charge in [0.15, 0.2) is 11.6 Å². The normalized spacial score (nSPS) is 12.5. The first-order valence-corrected chi connectivity index (χ1v) is 7.75. The van der Waals surface area contributed by atoms with E-state index in [2.05, 4.69) is 4.98 Å². The van der Waals surface area contributed by atoms with Crippen molar-refractivity contribution in [2.45, 2.75) is 19.3 Å². The Morgan fingerprint density at radius 1 is 1.16 bits per heavy atom. The fraction of sp³-hybridized carbons (Fsp3) is 0.278. The van der Waals surface area contributed by atoms with Gasteiger partial charge in [-0.3, -0.25) is 0 Å². The molecule has 0 amide bonds. The highest BCUT2D eigenvalue weighted by atomic mass is 19.2. The van der Waals surface area contributed by atoms with E-state index in [-0.39, 0.29) is 13.2 Å². The predicted octanol–water partition coefficient (Wildman–Crippen LogP) is 2.90. The molecule has 0 aliphatic rings. The summed E-state index contributed by atoms with van der Waals surface area (Å²) in [5.74, 6) is -1.12. The van der Waals surface area contributed by atoms with Crippen LogP contribution in [-0.2, 0) is 17.9 Å². The van der Waals surface area contributed by atoms with Crippen molar-refractivity contribution in [3.05, 3.63) is 59.9 Å². The molecule has 0 unspecified atom stereocenters. The van der Waals surface area contributed by atoms with E-state index in [1.165, 1.54) is 6.33 Å². The highest BCUT2D eigenvalue weighted by Crippen LogP contribution is 2.18. The third-order valence-corrected chi connectivity index (χ3v) is 3.81. The largest absolute Gasteiger partial charge is 0.497 e. The van der Waals surface area contributed by atoms with E-state index in [9.17, 15) is 13.9 Å². The van der Waals surface area contributed by atoms with Crippen molar-refractivity contribution in [1.29, 1.82) is 0 Å². The Morgan fingerprint density at radius 3 is 2.60 bits per heavy atom. The van der Waals surface area contributed by atoms with Gasteiger partial charge in [-0.1, -0.05) is 12.1 Å². The number of rotatable bonds is 7. The van der Waals surface area contributed by atoms with Crippen molar-refractivity contribution in [2.24, 2.45) is 0 Å². The highest BCUT2D eigenvalue weighted by Gasteiger charge is 2.12. The lowest BCUT2D eigenvalue weighted by Crippen LogP contribution is -2.21. The summed E-state index contributed by atoms with van der Waals surface area (Å²) in [7, 11) is 1.60. The topological polar surface area (TPSA) is 56.5 Å². The van der Waals surface area contributed by atoms with Gasteiger partial charge in [0.25, 0.3) is 0 Å². The Bertz CT molecular complexity index is 849. The zero-order valence-corrected chi connectivity index (χ0v) is 13.7. The van der Waals surface area contributed by atoms with Crippen LogP contribution in [0.3, 0.4) is 0 Å². The van der Waals surface area contributed by atoms with Gasteiger partial charge < -0.3 is 19.1 Å². The summed E-state index contributed by atoms with van der Waals surface area (Å²) >= 11 is 0. The molecule has 0 aliphatic carbocycles. The van der Waals surface area contributed by atoms with Gasteiger partial charge in [0.05, 0.1) is 50.3 Å². The molecule has 2 aromatic carbocycles. The first-order valence-electron chi connectivity index (χ1n) is 7.75. The third-order valence-electron chi connectivity index (χ3n) is 3.81. The van der Waals surface area contributed by atoms with Crippen LogP contribution in [-0.4, -0.2) is 34.5 Å². The summed E-state index contributed by atoms with van der Waals surface area (Å²) in [5.41, 5.74) is 1.72. The summed E-state index contributed by atoms with van der Waals surface area (Å²) < 4.78 is 38.7. The van der Waals surface area contributed by atoms with Gasteiger partial charge in [-0.2, -0.15) is 0 Å². The molecule has 0 bridgehead atoms. The number of benzene rings is 2. The van der Waals surface area contributed by atoms with Crippen LogP contribution in [0, 0.1) is 11.6 Å². The number of imidazole rings is 1. The van der Waals surface area contributed by atoms with Crippen LogP contribution in [0.15, 0.2) is 42.7 Å². The zero-order valence-electron chi connectivity index (χ0n) is 13.7. The maximum Gasteiger partial charge on any atom is 0.161 e. The SMILES string of the molecule is COc1ccc(COC[C@@H](O)Cn2cnc3cc(F)c(F)cc32)cc1. The molecule has 7 heteroatoms. The minimum absolute atomic E-state index is 0.107. The number of hydrogen-bond donors (Lipinski definition) is 1. The lowest BCUT2D eigenvalue weighted by atomic mass is 10.2. The Balaban J connectivity index is 1.55. The van der Waals surface area contributed by atoms with Crippen molar-refractivity contribution in [1.82, 2.24) is 9.55 Å². The van der Waals surface area contributed by atoms with Crippen LogP contribution in [0.1, 0.15) is 5.56 Å². The molecule has 25 heavy (non-hydrogen) atoms. The molecule has 5 nitrogen and oxygen atoms in total. The summed E-state index contributed by atoms with van der Waals surface area (Å²) in [5, 5.41) is 10.1. The molecule has 1 atom stereocenters. The lowest BCUT2D eigenvalue weighted by molar-refractivity contribution is 0.0208. The van der Waals surface area contributed by atoms with Gasteiger partial charge >= 0.3 is 0 Å². The second-order valence-electron chi connectivity index (χ2n) is 5.67. The molecule has 0 radical (unpaired) electrons. The molecule has 0 saturated carbocycles. The molecule has 0 aliphatic heterocycles. The average Bonchev–Trinajstić information content (AvgIpc) is 2.97. The monoisotopic (exact) mass is 348 g/mol. The minimum Gasteiger partial charge on any atom is -0.497 e. The average molecular weight is 348 g/mol. The number of ether oxygens (including phenoxy) is 2. The lowest BCUT2D eigenvalue weighted by Gasteiger charge is -2.13. The third kappa shape index (κ3) is 4.12. The molecule has 132 valence electrons. The maximum atomic E-state index is 13.4. The van der Waals surface area contributed by atoms with Crippen LogP contribution in [0.25, 0.3) is 11.0 Å². The van der Waals surface area contributed by atoms with Crippen LogP contribution in [0.4, 0.5) is 8.78 Å². The number of methoxy groups -OCH3 is 1. The van der Waals surface area contributed by atoms with Crippen molar-refractivity contribution in [3.63, 3.8) is 0 Å². The number of halogens is 2. The van der Waals surface area contributed by atoms with Gasteiger partial charge in [-0.25, -0.2) is 13.8 Å². The van der Waals surface area contributed by atoms with Gasteiger partial charge in [0.2, 0.25) is 0 Å². The first kappa shape index (κ1) is 17.3. The Hall–Kier alpha value is -2.51. The van der Waals surface area contributed by atoms with Gasteiger partial charge in [0, 0.05) is 12.1 Å². The molecular formula is C18H18F2N2O3. The van der Waals surface area contributed by atoms with E-state index in [1.807, 2.05) is 24.3 Å². The van der Waals surface area contributed by atoms with Crippen molar-refractivity contribution < 1.29 is 23.4 Å². The Kier molecular flexibility index (Phi) is 5.25. The number of aromatic nitrogens is 2. The van der Waals surface area contributed by atoms with E-state index in [0.717, 1.165) is 23.4 Å². The van der Waals surface area contributed by atoms with E-state index in [1.54, 1.807) is 11.7 Å². The quantitative estimate of drug-likeness (QED) is 0.713. The second kappa shape index (κ2) is 7.58. The standard InChI is InChI=1S/C18H18F2N2O3/c1-24-14-4-2-12(3-5-14)9-25-10-13(23)8-22-11-21-17-6-15(19)16(20)7-18(17)22/h2-7,11,13,23H,8-10H2,1H3/t13-/m0/s1. The summed E-state index contributed by atoms with van der Waals surface area (Å²) in [6.45, 7) is 0.630. The fourth-order valence-corrected chi connectivity index (χ4v) is 2.51. The van der Waals surface area contributed by atoms with E-state index < -0.39 is 17.7 Å². The molecular weight excluding hydrogens is 330 g/mol. The van der Waals surface area contributed by atoms with E-state index in [0.29, 0.717) is 17.6 Å². The van der Waals surface area contributed by atoms with Crippen LogP contribution in [0.2, 0.25) is 0 Å². The summed E-state index contributed by atoms with van der Waals surface area (Å²) in [4.78, 5) is 4.01. The number of aliphatic hydroxyl groups is 1. The molecule has 0 saturated heterocycles. The van der Waals surface area contributed by atoms with E-state index >= 15 is 0 Å². The number of hydrogen-bond acceptors (Lipinski definition) is 4. The van der Waals surface area contributed by atoms with Gasteiger partial charge in [0.1, 0.15) is 5.75 Å². The van der Waals surface area contributed by atoms with Gasteiger partial charge in [-0.15, -0.1) is 0 Å². The molecule has 1 heterocycles. The van der Waals surface area contributed by atoms with Crippen LogP contribution in [0.5, 0.6) is 5.75 Å². The minimum atomic E-state index is -0.945. The maximum absolute atomic E-state index is 13.4. The summed E-state index contributed by atoms with van der Waals surface area (Å²) in [6, 6.07) is 9.54. The zero-order chi connectivity index (χ0) is 17.8. The van der Waals surface area contributed by atoms with Gasteiger partial charge in [-0.05, 0) is 17.7 Å². The molecule has 0 fully saturated rings. The van der Waals surface area contributed by atoms with Crippen molar-refractivity contribution in [3.8, 4) is 5.75 Å². The van der Waals surface area contributed by atoms with Crippen molar-refractivity contribution >= 4 is 11.0 Å². The summed E-state index contributed by atoms with van der Waals surface area (Å²) in [6.07, 6.45) is 0.639. The van der Waals surface area contributed by atoms with Crippen LogP contribution < -0.4 is 4.74 Å². The van der Waals surface area contributed by atoms with Crippen LogP contribution >= 0.6 is 0 Å². The molecule has 1 aromatic heterocycles. The number of fused-ring (bicyclic) bond motifs is 1. The number of nitrogens with zero attached hydrogens (tertiary/aromatic N) is 2. The second-order valence-corrected chi connectivity index (χ2v) is 5.67. The van der Waals surface area contributed by atoms with E-state index in [4.69, 9.17) is 9.47 Å². The van der Waals surface area contributed by atoms with Crippen molar-refractivity contribution in [2.75, 3.05) is 13.7 Å². The highest BCUT2D eigenvalue weighted by molar-refractivity contribution is 5.75. The predicted molar refractivity (Wildman–Crippen MR) is 88.3 cm³/mol. The Labute approximate surface area is 143 Å². The molecule has 0 spiro atoms. The molecule has 3 aromatic rings. The fourth-order valence-electron chi connectivity index (χ4n) is 2.51. The Morgan fingerprint density at radius 2 is 1.88 bits per heavy atom.